The van der Waals surface area contributed by atoms with Crippen LogP contribution in [0.2, 0.25) is 0 Å². The van der Waals surface area contributed by atoms with E-state index < -0.39 is 0 Å². The number of hydrogen-bond donors (Lipinski definition) is 0. The van der Waals surface area contributed by atoms with E-state index in [0.29, 0.717) is 31.4 Å². The van der Waals surface area contributed by atoms with Gasteiger partial charge in [0.1, 0.15) is 6.61 Å². The molecule has 0 radical (unpaired) electrons. The van der Waals surface area contributed by atoms with Crippen molar-refractivity contribution in [3.8, 4) is 11.5 Å². The van der Waals surface area contributed by atoms with Gasteiger partial charge in [-0.25, -0.2) is 0 Å². The average Bonchev–Trinajstić information content (AvgIpc) is 3.05. The van der Waals surface area contributed by atoms with Crippen molar-refractivity contribution in [1.29, 1.82) is 0 Å². The molecule has 1 aliphatic rings. The fraction of sp³-hybridized carbons (Fsp3) is 0.471. The van der Waals surface area contributed by atoms with E-state index in [0.717, 1.165) is 18.7 Å². The van der Waals surface area contributed by atoms with Crippen molar-refractivity contribution in [2.75, 3.05) is 39.9 Å². The molecule has 1 aromatic carbocycles. The Hall–Kier alpha value is -2.25. The molecule has 0 saturated carbocycles. The molecule has 0 spiro atoms. The smallest absolute Gasteiger partial charge is 0.248 e. The summed E-state index contributed by atoms with van der Waals surface area (Å²) in [5, 5.41) is 8.26. The second kappa shape index (κ2) is 7.55. The highest BCUT2D eigenvalue weighted by atomic mass is 16.5. The number of hydrogen-bond acceptors (Lipinski definition) is 6. The van der Waals surface area contributed by atoms with Gasteiger partial charge in [0.25, 0.3) is 0 Å². The van der Waals surface area contributed by atoms with Crippen molar-refractivity contribution in [3.63, 3.8) is 0 Å². The van der Waals surface area contributed by atoms with Crippen LogP contribution < -0.4 is 0 Å². The number of aryl methyl sites for hydroxylation is 1. The maximum absolute atomic E-state index is 11.8. The van der Waals surface area contributed by atoms with Crippen LogP contribution in [0, 0.1) is 6.92 Å². The van der Waals surface area contributed by atoms with E-state index in [2.05, 4.69) is 15.1 Å². The molecule has 0 aliphatic carbocycles. The summed E-state index contributed by atoms with van der Waals surface area (Å²) in [6, 6.07) is 8.00. The molecular formula is C17H22N4O3. The number of ether oxygens (including phenoxy) is 1. The van der Waals surface area contributed by atoms with Crippen molar-refractivity contribution in [2.45, 2.75) is 13.5 Å². The van der Waals surface area contributed by atoms with Crippen LogP contribution in [0.25, 0.3) is 11.5 Å². The number of amides is 1. The van der Waals surface area contributed by atoms with Crippen LogP contribution in [0.4, 0.5) is 0 Å². The van der Waals surface area contributed by atoms with Crippen molar-refractivity contribution in [2.24, 2.45) is 0 Å². The molecule has 0 N–H and O–H groups in total. The summed E-state index contributed by atoms with van der Waals surface area (Å²) in [6.45, 7) is 5.76. The van der Waals surface area contributed by atoms with E-state index in [1.54, 1.807) is 0 Å². The molecule has 3 rings (SSSR count). The third-order valence-electron chi connectivity index (χ3n) is 4.12. The zero-order chi connectivity index (χ0) is 16.9. The van der Waals surface area contributed by atoms with Gasteiger partial charge in [-0.3, -0.25) is 9.69 Å². The van der Waals surface area contributed by atoms with Crippen LogP contribution >= 0.6 is 0 Å². The molecule has 1 amide bonds. The Labute approximate surface area is 141 Å². The third kappa shape index (κ3) is 3.98. The zero-order valence-corrected chi connectivity index (χ0v) is 14.1. The highest BCUT2D eigenvalue weighted by molar-refractivity contribution is 5.77. The second-order valence-corrected chi connectivity index (χ2v) is 5.96. The normalized spacial score (nSPS) is 15.7. The first kappa shape index (κ1) is 16.6. The predicted octanol–water partition coefficient (Wildman–Crippen LogP) is 1.34. The van der Waals surface area contributed by atoms with Crippen molar-refractivity contribution in [3.05, 3.63) is 35.7 Å². The molecule has 0 atom stereocenters. The lowest BCUT2D eigenvalue weighted by atomic mass is 10.1. The first-order valence-electron chi connectivity index (χ1n) is 8.04. The topological polar surface area (TPSA) is 71.7 Å². The van der Waals surface area contributed by atoms with Gasteiger partial charge in [-0.05, 0) is 19.1 Å². The predicted molar refractivity (Wildman–Crippen MR) is 88.2 cm³/mol. The van der Waals surface area contributed by atoms with Crippen LogP contribution in [-0.4, -0.2) is 65.8 Å². The van der Waals surface area contributed by atoms with Crippen molar-refractivity contribution >= 4 is 5.91 Å². The number of carbonyl (C=O) groups is 1. The average molecular weight is 330 g/mol. The largest absolute Gasteiger partial charge is 0.419 e. The maximum atomic E-state index is 11.8. The standard InChI is InChI=1S/C17H22N4O3/c1-13-3-5-14(6-4-13)17-19-18-15(24-17)11-20-7-9-21(10-8-20)16(22)12-23-2/h3-6H,7-12H2,1-2H3. The fourth-order valence-corrected chi connectivity index (χ4v) is 2.69. The molecule has 1 aromatic heterocycles. The number of piperazine rings is 1. The van der Waals surface area contributed by atoms with Gasteiger partial charge in [0.15, 0.2) is 0 Å². The van der Waals surface area contributed by atoms with Gasteiger partial charge in [-0.2, -0.15) is 0 Å². The fourth-order valence-electron chi connectivity index (χ4n) is 2.69. The van der Waals surface area contributed by atoms with Gasteiger partial charge in [0.2, 0.25) is 17.7 Å². The summed E-state index contributed by atoms with van der Waals surface area (Å²) < 4.78 is 10.7. The molecule has 1 saturated heterocycles. The SMILES string of the molecule is COCC(=O)N1CCN(Cc2nnc(-c3ccc(C)cc3)o2)CC1. The second-order valence-electron chi connectivity index (χ2n) is 5.96. The summed E-state index contributed by atoms with van der Waals surface area (Å²) in [6.07, 6.45) is 0. The number of benzene rings is 1. The third-order valence-corrected chi connectivity index (χ3v) is 4.12. The van der Waals surface area contributed by atoms with Gasteiger partial charge in [0, 0.05) is 38.9 Å². The maximum Gasteiger partial charge on any atom is 0.248 e. The van der Waals surface area contributed by atoms with Gasteiger partial charge < -0.3 is 14.1 Å². The molecule has 0 unspecified atom stereocenters. The highest BCUT2D eigenvalue weighted by Gasteiger charge is 2.22. The molecule has 0 bridgehead atoms. The Kier molecular flexibility index (Phi) is 5.22. The monoisotopic (exact) mass is 330 g/mol. The minimum Gasteiger partial charge on any atom is -0.419 e. The van der Waals surface area contributed by atoms with Gasteiger partial charge >= 0.3 is 0 Å². The summed E-state index contributed by atoms with van der Waals surface area (Å²) in [7, 11) is 1.54. The Morgan fingerprint density at radius 2 is 1.88 bits per heavy atom. The van der Waals surface area contributed by atoms with Crippen LogP contribution in [0.5, 0.6) is 0 Å². The van der Waals surface area contributed by atoms with E-state index in [-0.39, 0.29) is 12.5 Å². The molecule has 2 heterocycles. The Bertz CT molecular complexity index is 675. The summed E-state index contributed by atoms with van der Waals surface area (Å²) in [4.78, 5) is 15.8. The van der Waals surface area contributed by atoms with E-state index in [9.17, 15) is 4.79 Å². The van der Waals surface area contributed by atoms with Gasteiger partial charge in [-0.1, -0.05) is 17.7 Å². The van der Waals surface area contributed by atoms with Crippen molar-refractivity contribution in [1.82, 2.24) is 20.0 Å². The van der Waals surface area contributed by atoms with Gasteiger partial charge in [-0.15, -0.1) is 10.2 Å². The first-order valence-corrected chi connectivity index (χ1v) is 8.04. The zero-order valence-electron chi connectivity index (χ0n) is 14.1. The lowest BCUT2D eigenvalue weighted by Crippen LogP contribution is -2.49. The van der Waals surface area contributed by atoms with E-state index in [4.69, 9.17) is 9.15 Å². The minimum atomic E-state index is 0.0385. The number of nitrogens with zero attached hydrogens (tertiary/aromatic N) is 4. The molecule has 1 fully saturated rings. The molecule has 2 aromatic rings. The van der Waals surface area contributed by atoms with Crippen molar-refractivity contribution < 1.29 is 13.9 Å². The summed E-state index contributed by atoms with van der Waals surface area (Å²) in [5.41, 5.74) is 2.12. The molecule has 7 heteroatoms. The van der Waals surface area contributed by atoms with Gasteiger partial charge in [0.05, 0.1) is 6.54 Å². The first-order chi connectivity index (χ1) is 11.7. The van der Waals surface area contributed by atoms with Crippen LogP contribution in [-0.2, 0) is 16.1 Å². The Balaban J connectivity index is 1.54. The quantitative estimate of drug-likeness (QED) is 0.824. The van der Waals surface area contributed by atoms with Crippen LogP contribution in [0.1, 0.15) is 11.5 Å². The molecule has 7 nitrogen and oxygen atoms in total. The Morgan fingerprint density at radius 1 is 1.17 bits per heavy atom. The number of carbonyl (C=O) groups excluding carboxylic acids is 1. The Morgan fingerprint density at radius 3 is 2.54 bits per heavy atom. The summed E-state index contributed by atoms with van der Waals surface area (Å²) in [5.74, 6) is 1.18. The van der Waals surface area contributed by atoms with Crippen LogP contribution in [0.3, 0.4) is 0 Å². The molecule has 24 heavy (non-hydrogen) atoms. The number of aromatic nitrogens is 2. The van der Waals surface area contributed by atoms with Crippen LogP contribution in [0.15, 0.2) is 28.7 Å². The highest BCUT2D eigenvalue weighted by Crippen LogP contribution is 2.19. The minimum absolute atomic E-state index is 0.0385. The van der Waals surface area contributed by atoms with E-state index in [1.807, 2.05) is 36.1 Å². The summed E-state index contributed by atoms with van der Waals surface area (Å²) >= 11 is 0. The number of methoxy groups -OCH3 is 1. The molecule has 1 aliphatic heterocycles. The number of rotatable bonds is 5. The van der Waals surface area contributed by atoms with E-state index >= 15 is 0 Å². The lowest BCUT2D eigenvalue weighted by Gasteiger charge is -2.33. The lowest BCUT2D eigenvalue weighted by molar-refractivity contribution is -0.137. The molecular weight excluding hydrogens is 308 g/mol. The van der Waals surface area contributed by atoms with E-state index in [1.165, 1.54) is 12.7 Å². The molecule has 128 valence electrons.